The van der Waals surface area contributed by atoms with Crippen molar-refractivity contribution in [3.05, 3.63) is 42.2 Å². The molecule has 0 atom stereocenters. The molecule has 0 spiro atoms. The number of para-hydroxylation sites is 1. The molecule has 86 valence electrons. The Morgan fingerprint density at radius 2 is 2.00 bits per heavy atom. The fraction of sp³-hybridized carbons (Fsp3) is 0.214. The van der Waals surface area contributed by atoms with Gasteiger partial charge >= 0.3 is 0 Å². The normalized spacial score (nSPS) is 11.7. The number of hydrogen-bond donors (Lipinski definition) is 1. The molecule has 3 aromatic rings. The van der Waals surface area contributed by atoms with Gasteiger partial charge in [0, 0.05) is 23.3 Å². The number of hydrogen-bond acceptors (Lipinski definition) is 2. The van der Waals surface area contributed by atoms with E-state index in [9.17, 15) is 5.11 Å². The van der Waals surface area contributed by atoms with Crippen LogP contribution in [0.15, 0.2) is 36.5 Å². The van der Waals surface area contributed by atoms with Crippen molar-refractivity contribution in [1.82, 2.24) is 9.38 Å². The maximum absolute atomic E-state index is 9.96. The number of rotatable bonds is 1. The molecular weight excluding hydrogens is 212 g/mol. The van der Waals surface area contributed by atoms with Crippen LogP contribution in [0.25, 0.3) is 16.6 Å². The Hall–Kier alpha value is -2.03. The van der Waals surface area contributed by atoms with Crippen LogP contribution >= 0.6 is 0 Å². The molecule has 3 heteroatoms. The fourth-order valence-electron chi connectivity index (χ4n) is 2.24. The Bertz CT molecular complexity index is 698. The van der Waals surface area contributed by atoms with E-state index in [0.717, 1.165) is 22.2 Å². The molecule has 0 fully saturated rings. The molecule has 0 aliphatic carbocycles. The summed E-state index contributed by atoms with van der Waals surface area (Å²) in [5.74, 6) is 0.687. The summed E-state index contributed by atoms with van der Waals surface area (Å²) >= 11 is 0. The van der Waals surface area contributed by atoms with E-state index < -0.39 is 0 Å². The Morgan fingerprint density at radius 3 is 2.76 bits per heavy atom. The Labute approximate surface area is 99.3 Å². The smallest absolute Gasteiger partial charge is 0.141 e. The molecule has 0 saturated heterocycles. The highest BCUT2D eigenvalue weighted by atomic mass is 16.3. The van der Waals surface area contributed by atoms with Crippen LogP contribution in [-0.4, -0.2) is 14.5 Å². The van der Waals surface area contributed by atoms with Crippen molar-refractivity contribution in [2.24, 2.45) is 0 Å². The van der Waals surface area contributed by atoms with Crippen molar-refractivity contribution in [3.8, 4) is 5.75 Å². The highest BCUT2D eigenvalue weighted by molar-refractivity contribution is 5.88. The van der Waals surface area contributed by atoms with Gasteiger partial charge in [0.25, 0.3) is 0 Å². The minimum atomic E-state index is 0.286. The van der Waals surface area contributed by atoms with Gasteiger partial charge in [-0.3, -0.25) is 4.40 Å². The van der Waals surface area contributed by atoms with Crippen molar-refractivity contribution in [1.29, 1.82) is 0 Å². The number of imidazole rings is 1. The van der Waals surface area contributed by atoms with Crippen LogP contribution in [-0.2, 0) is 0 Å². The minimum Gasteiger partial charge on any atom is -0.507 e. The molecule has 0 aliphatic rings. The highest BCUT2D eigenvalue weighted by Crippen LogP contribution is 2.29. The van der Waals surface area contributed by atoms with Crippen molar-refractivity contribution in [2.45, 2.75) is 19.8 Å². The molecular formula is C14H14N2O. The van der Waals surface area contributed by atoms with Gasteiger partial charge in [0.2, 0.25) is 0 Å². The lowest BCUT2D eigenvalue weighted by Crippen LogP contribution is -1.96. The SMILES string of the molecule is CC(C)c1cnc2cc(O)c3ccccc3n12. The van der Waals surface area contributed by atoms with E-state index in [1.165, 1.54) is 0 Å². The monoisotopic (exact) mass is 226 g/mol. The van der Waals surface area contributed by atoms with E-state index in [1.54, 1.807) is 6.07 Å². The zero-order chi connectivity index (χ0) is 12.0. The summed E-state index contributed by atoms with van der Waals surface area (Å²) in [5, 5.41) is 10.8. The van der Waals surface area contributed by atoms with Gasteiger partial charge in [0.05, 0.1) is 5.52 Å². The van der Waals surface area contributed by atoms with Gasteiger partial charge in [0.15, 0.2) is 0 Å². The van der Waals surface area contributed by atoms with E-state index >= 15 is 0 Å². The lowest BCUT2D eigenvalue weighted by atomic mass is 10.1. The summed E-state index contributed by atoms with van der Waals surface area (Å²) in [6.07, 6.45) is 1.88. The summed E-state index contributed by atoms with van der Waals surface area (Å²) < 4.78 is 2.11. The molecule has 2 heterocycles. The first-order valence-electron chi connectivity index (χ1n) is 5.76. The highest BCUT2D eigenvalue weighted by Gasteiger charge is 2.12. The van der Waals surface area contributed by atoms with Crippen LogP contribution < -0.4 is 0 Å². The molecule has 0 unspecified atom stereocenters. The maximum Gasteiger partial charge on any atom is 0.141 e. The predicted molar refractivity (Wildman–Crippen MR) is 68.5 cm³/mol. The van der Waals surface area contributed by atoms with E-state index in [4.69, 9.17) is 0 Å². The summed E-state index contributed by atoms with van der Waals surface area (Å²) in [6, 6.07) is 9.56. The standard InChI is InChI=1S/C14H14N2O/c1-9(2)12-8-15-14-7-13(17)10-5-3-4-6-11(10)16(12)14/h3-9,17H,1-2H3. The topological polar surface area (TPSA) is 37.5 Å². The molecule has 1 aromatic carbocycles. The van der Waals surface area contributed by atoms with Crippen LogP contribution in [0.1, 0.15) is 25.5 Å². The lowest BCUT2D eigenvalue weighted by molar-refractivity contribution is 0.481. The first-order valence-corrected chi connectivity index (χ1v) is 5.76. The van der Waals surface area contributed by atoms with E-state index in [0.29, 0.717) is 5.92 Å². The average Bonchev–Trinajstić information content (AvgIpc) is 2.73. The van der Waals surface area contributed by atoms with Gasteiger partial charge in [-0.25, -0.2) is 4.98 Å². The molecule has 1 N–H and O–H groups in total. The average molecular weight is 226 g/mol. The molecule has 0 amide bonds. The van der Waals surface area contributed by atoms with Gasteiger partial charge in [0.1, 0.15) is 11.4 Å². The van der Waals surface area contributed by atoms with Crippen molar-refractivity contribution < 1.29 is 5.11 Å². The Morgan fingerprint density at radius 1 is 1.24 bits per heavy atom. The quantitative estimate of drug-likeness (QED) is 0.691. The van der Waals surface area contributed by atoms with E-state index in [1.807, 2.05) is 30.5 Å². The third-order valence-corrected chi connectivity index (χ3v) is 3.09. The van der Waals surface area contributed by atoms with Gasteiger partial charge < -0.3 is 5.11 Å². The molecule has 3 nitrogen and oxygen atoms in total. The number of aromatic hydroxyl groups is 1. The number of aromatic nitrogens is 2. The van der Waals surface area contributed by atoms with Gasteiger partial charge in [-0.1, -0.05) is 26.0 Å². The van der Waals surface area contributed by atoms with Crippen LogP contribution in [0, 0.1) is 0 Å². The number of nitrogens with zero attached hydrogens (tertiary/aromatic N) is 2. The maximum atomic E-state index is 9.96. The number of fused-ring (bicyclic) bond motifs is 3. The van der Waals surface area contributed by atoms with Crippen LogP contribution in [0.3, 0.4) is 0 Å². The predicted octanol–water partition coefficient (Wildman–Crippen LogP) is 3.32. The summed E-state index contributed by atoms with van der Waals surface area (Å²) in [7, 11) is 0. The molecule has 0 radical (unpaired) electrons. The molecule has 0 bridgehead atoms. The van der Waals surface area contributed by atoms with Gasteiger partial charge in [-0.15, -0.1) is 0 Å². The number of pyridine rings is 1. The third kappa shape index (κ3) is 1.39. The van der Waals surface area contributed by atoms with E-state index in [2.05, 4.69) is 23.2 Å². The first-order chi connectivity index (χ1) is 8.18. The summed E-state index contributed by atoms with van der Waals surface area (Å²) in [5.41, 5.74) is 2.96. The molecule has 2 aromatic heterocycles. The van der Waals surface area contributed by atoms with Crippen molar-refractivity contribution in [3.63, 3.8) is 0 Å². The molecule has 17 heavy (non-hydrogen) atoms. The van der Waals surface area contributed by atoms with E-state index in [-0.39, 0.29) is 5.75 Å². The second kappa shape index (κ2) is 3.48. The second-order valence-electron chi connectivity index (χ2n) is 4.58. The van der Waals surface area contributed by atoms with Crippen LogP contribution in [0.2, 0.25) is 0 Å². The van der Waals surface area contributed by atoms with Crippen LogP contribution in [0.4, 0.5) is 0 Å². The third-order valence-electron chi connectivity index (χ3n) is 3.09. The summed E-state index contributed by atoms with van der Waals surface area (Å²) in [4.78, 5) is 4.35. The van der Waals surface area contributed by atoms with Crippen molar-refractivity contribution >= 4 is 16.6 Å². The fourth-order valence-corrected chi connectivity index (χ4v) is 2.24. The Balaban J connectivity index is 2.55. The largest absolute Gasteiger partial charge is 0.507 e. The lowest BCUT2D eigenvalue weighted by Gasteiger charge is -2.09. The minimum absolute atomic E-state index is 0.286. The van der Waals surface area contributed by atoms with Crippen molar-refractivity contribution in [2.75, 3.05) is 0 Å². The van der Waals surface area contributed by atoms with Gasteiger partial charge in [-0.05, 0) is 18.1 Å². The van der Waals surface area contributed by atoms with Crippen LogP contribution in [0.5, 0.6) is 5.75 Å². The molecule has 3 rings (SSSR count). The molecule has 0 saturated carbocycles. The zero-order valence-corrected chi connectivity index (χ0v) is 9.88. The summed E-state index contributed by atoms with van der Waals surface area (Å²) in [6.45, 7) is 4.29. The zero-order valence-electron chi connectivity index (χ0n) is 9.88. The Kier molecular flexibility index (Phi) is 2.08. The number of benzene rings is 1. The van der Waals surface area contributed by atoms with Gasteiger partial charge in [-0.2, -0.15) is 0 Å². The first kappa shape index (κ1) is 10.1. The molecule has 0 aliphatic heterocycles. The second-order valence-corrected chi connectivity index (χ2v) is 4.58.